The lowest BCUT2D eigenvalue weighted by Crippen LogP contribution is -2.24. The number of halogens is 1. The summed E-state index contributed by atoms with van der Waals surface area (Å²) in [6, 6.07) is 22.1. The summed E-state index contributed by atoms with van der Waals surface area (Å²) in [7, 11) is 1.61. The van der Waals surface area contributed by atoms with Gasteiger partial charge in [-0.25, -0.2) is 9.37 Å². The Morgan fingerprint density at radius 2 is 1.87 bits per heavy atom. The number of methoxy groups -OCH3 is 1. The fraction of sp³-hybridized carbons (Fsp3) is 0.200. The maximum Gasteiger partial charge on any atom is 0.227 e. The number of aromatic nitrogens is 2. The van der Waals surface area contributed by atoms with Gasteiger partial charge in [-0.15, -0.1) is 0 Å². The molecule has 156 valence electrons. The van der Waals surface area contributed by atoms with Crippen molar-refractivity contribution in [2.24, 2.45) is 0 Å². The molecule has 0 spiro atoms. The number of anilines is 1. The Balaban J connectivity index is 1.53. The molecule has 0 saturated carbocycles. The van der Waals surface area contributed by atoms with Crippen LogP contribution in [0.2, 0.25) is 0 Å². The first-order valence-electron chi connectivity index (χ1n) is 10.3. The summed E-state index contributed by atoms with van der Waals surface area (Å²) in [5, 5.41) is 0. The highest BCUT2D eigenvalue weighted by Gasteiger charge is 2.35. The molecule has 1 unspecified atom stereocenters. The van der Waals surface area contributed by atoms with E-state index in [1.54, 1.807) is 24.1 Å². The number of hydrogen-bond donors (Lipinski definition) is 0. The molecular weight excluding hydrogens is 393 g/mol. The quantitative estimate of drug-likeness (QED) is 0.473. The van der Waals surface area contributed by atoms with Gasteiger partial charge < -0.3 is 14.2 Å². The van der Waals surface area contributed by atoms with E-state index in [1.165, 1.54) is 6.07 Å². The van der Waals surface area contributed by atoms with Crippen molar-refractivity contribution in [3.63, 3.8) is 0 Å². The van der Waals surface area contributed by atoms with E-state index >= 15 is 0 Å². The zero-order valence-corrected chi connectivity index (χ0v) is 17.2. The number of amides is 1. The monoisotopic (exact) mass is 415 g/mol. The van der Waals surface area contributed by atoms with E-state index in [4.69, 9.17) is 9.72 Å². The highest BCUT2D eigenvalue weighted by Crippen LogP contribution is 2.34. The molecule has 0 N–H and O–H groups in total. The van der Waals surface area contributed by atoms with Gasteiger partial charge in [-0.2, -0.15) is 0 Å². The van der Waals surface area contributed by atoms with E-state index in [0.717, 1.165) is 22.5 Å². The van der Waals surface area contributed by atoms with Crippen molar-refractivity contribution in [2.45, 2.75) is 18.9 Å². The number of hydrogen-bond acceptors (Lipinski definition) is 3. The molecule has 5 nitrogen and oxygen atoms in total. The Kier molecular flexibility index (Phi) is 4.90. The van der Waals surface area contributed by atoms with E-state index in [2.05, 4.69) is 0 Å². The number of benzene rings is 3. The third-order valence-electron chi connectivity index (χ3n) is 5.83. The van der Waals surface area contributed by atoms with Gasteiger partial charge in [-0.1, -0.05) is 36.4 Å². The summed E-state index contributed by atoms with van der Waals surface area (Å²) in [5.41, 5.74) is 3.19. The van der Waals surface area contributed by atoms with Crippen LogP contribution in [0.4, 0.5) is 10.1 Å². The minimum atomic E-state index is -0.244. The molecule has 1 aromatic heterocycles. The van der Waals surface area contributed by atoms with Gasteiger partial charge in [-0.3, -0.25) is 4.79 Å². The standard InChI is InChI=1S/C25H22FN3O2/c1-31-20-9-6-8-19(14-20)28-16-18(13-24(28)30)25-27-22-11-4-5-12-23(22)29(25)15-17-7-2-3-10-21(17)26/h2-12,14,18H,13,15-16H2,1H3. The Hall–Kier alpha value is -3.67. The molecule has 2 heterocycles. The molecule has 4 aromatic rings. The van der Waals surface area contributed by atoms with E-state index in [1.807, 2.05) is 59.2 Å². The first-order valence-corrected chi connectivity index (χ1v) is 10.3. The van der Waals surface area contributed by atoms with E-state index < -0.39 is 0 Å². The largest absolute Gasteiger partial charge is 0.497 e. The average molecular weight is 415 g/mol. The molecule has 1 fully saturated rings. The number of fused-ring (bicyclic) bond motifs is 1. The highest BCUT2D eigenvalue weighted by molar-refractivity contribution is 5.96. The van der Waals surface area contributed by atoms with Crippen LogP contribution in [-0.2, 0) is 11.3 Å². The van der Waals surface area contributed by atoms with Gasteiger partial charge in [0.1, 0.15) is 17.4 Å². The molecule has 0 radical (unpaired) electrons. The Morgan fingerprint density at radius 1 is 1.06 bits per heavy atom. The summed E-state index contributed by atoms with van der Waals surface area (Å²) >= 11 is 0. The Labute approximate surface area is 179 Å². The molecular formula is C25H22FN3O2. The van der Waals surface area contributed by atoms with E-state index in [0.29, 0.717) is 30.8 Å². The second kappa shape index (κ2) is 7.87. The van der Waals surface area contributed by atoms with Crippen molar-refractivity contribution >= 4 is 22.6 Å². The minimum absolute atomic E-state index is 0.0442. The smallest absolute Gasteiger partial charge is 0.227 e. The average Bonchev–Trinajstić information content (AvgIpc) is 3.36. The molecule has 1 aliphatic heterocycles. The van der Waals surface area contributed by atoms with Gasteiger partial charge >= 0.3 is 0 Å². The van der Waals surface area contributed by atoms with Crippen molar-refractivity contribution in [1.29, 1.82) is 0 Å². The van der Waals surface area contributed by atoms with E-state index in [9.17, 15) is 9.18 Å². The van der Waals surface area contributed by atoms with Crippen LogP contribution >= 0.6 is 0 Å². The van der Waals surface area contributed by atoms with Gasteiger partial charge in [0.15, 0.2) is 0 Å². The van der Waals surface area contributed by atoms with Crippen LogP contribution in [-0.4, -0.2) is 29.1 Å². The van der Waals surface area contributed by atoms with Gasteiger partial charge in [0.25, 0.3) is 0 Å². The normalized spacial score (nSPS) is 16.3. The van der Waals surface area contributed by atoms with Crippen molar-refractivity contribution in [3.8, 4) is 5.75 Å². The maximum absolute atomic E-state index is 14.4. The molecule has 0 bridgehead atoms. The summed E-state index contributed by atoms with van der Waals surface area (Å²) < 4.78 is 21.7. The lowest BCUT2D eigenvalue weighted by atomic mass is 10.1. The number of carbonyl (C=O) groups excluding carboxylic acids is 1. The lowest BCUT2D eigenvalue weighted by Gasteiger charge is -2.18. The third-order valence-corrected chi connectivity index (χ3v) is 5.83. The number of imidazole rings is 1. The van der Waals surface area contributed by atoms with Crippen LogP contribution in [0.1, 0.15) is 23.7 Å². The Morgan fingerprint density at radius 3 is 2.71 bits per heavy atom. The molecule has 6 heteroatoms. The summed E-state index contributed by atoms with van der Waals surface area (Å²) in [6.07, 6.45) is 0.359. The van der Waals surface area contributed by atoms with Crippen LogP contribution < -0.4 is 9.64 Å². The van der Waals surface area contributed by atoms with Crippen molar-refractivity contribution < 1.29 is 13.9 Å². The van der Waals surface area contributed by atoms with Crippen LogP contribution in [0.25, 0.3) is 11.0 Å². The predicted molar refractivity (Wildman–Crippen MR) is 118 cm³/mol. The Bertz CT molecular complexity index is 1270. The number of carbonyl (C=O) groups is 1. The zero-order valence-electron chi connectivity index (χ0n) is 17.2. The number of ether oxygens (including phenoxy) is 1. The molecule has 31 heavy (non-hydrogen) atoms. The highest BCUT2D eigenvalue weighted by atomic mass is 19.1. The van der Waals surface area contributed by atoms with Crippen molar-refractivity contribution in [3.05, 3.63) is 90.0 Å². The van der Waals surface area contributed by atoms with Gasteiger partial charge in [0.2, 0.25) is 5.91 Å². The summed E-state index contributed by atoms with van der Waals surface area (Å²) in [5.74, 6) is 1.23. The van der Waals surface area contributed by atoms with Gasteiger partial charge in [0.05, 0.1) is 24.7 Å². The number of para-hydroxylation sites is 2. The topological polar surface area (TPSA) is 47.4 Å². The molecule has 1 amide bonds. The molecule has 1 atom stereocenters. The molecule has 3 aromatic carbocycles. The van der Waals surface area contributed by atoms with Crippen LogP contribution in [0.3, 0.4) is 0 Å². The third kappa shape index (κ3) is 3.54. The SMILES string of the molecule is COc1cccc(N2CC(c3nc4ccccc4n3Cc3ccccc3F)CC2=O)c1. The number of rotatable bonds is 5. The van der Waals surface area contributed by atoms with Crippen LogP contribution in [0.15, 0.2) is 72.8 Å². The maximum atomic E-state index is 14.4. The molecule has 1 saturated heterocycles. The van der Waals surface area contributed by atoms with Crippen LogP contribution in [0.5, 0.6) is 5.75 Å². The first-order chi connectivity index (χ1) is 15.1. The molecule has 5 rings (SSSR count). The predicted octanol–water partition coefficient (Wildman–Crippen LogP) is 4.75. The summed E-state index contributed by atoms with van der Waals surface area (Å²) in [6.45, 7) is 0.888. The second-order valence-corrected chi connectivity index (χ2v) is 7.74. The first kappa shape index (κ1) is 19.3. The minimum Gasteiger partial charge on any atom is -0.497 e. The fourth-order valence-corrected chi connectivity index (χ4v) is 4.28. The lowest BCUT2D eigenvalue weighted by molar-refractivity contribution is -0.117. The molecule has 0 aliphatic carbocycles. The van der Waals surface area contributed by atoms with Crippen molar-refractivity contribution in [1.82, 2.24) is 9.55 Å². The number of nitrogens with zero attached hydrogens (tertiary/aromatic N) is 3. The zero-order chi connectivity index (χ0) is 21.4. The van der Waals surface area contributed by atoms with Crippen molar-refractivity contribution in [2.75, 3.05) is 18.6 Å². The van der Waals surface area contributed by atoms with Gasteiger partial charge in [-0.05, 0) is 30.3 Å². The van der Waals surface area contributed by atoms with Gasteiger partial charge in [0, 0.05) is 36.2 Å². The van der Waals surface area contributed by atoms with E-state index in [-0.39, 0.29) is 17.6 Å². The molecule has 1 aliphatic rings. The summed E-state index contributed by atoms with van der Waals surface area (Å²) in [4.78, 5) is 19.5. The van der Waals surface area contributed by atoms with Crippen LogP contribution in [0, 0.1) is 5.82 Å². The fourth-order valence-electron chi connectivity index (χ4n) is 4.28. The second-order valence-electron chi connectivity index (χ2n) is 7.74.